The second-order valence-corrected chi connectivity index (χ2v) is 7.04. The lowest BCUT2D eigenvalue weighted by Crippen LogP contribution is -2.57. The van der Waals surface area contributed by atoms with E-state index in [4.69, 9.17) is 0 Å². The summed E-state index contributed by atoms with van der Waals surface area (Å²) in [6.07, 6.45) is 6.22. The van der Waals surface area contributed by atoms with E-state index < -0.39 is 0 Å². The third-order valence-electron chi connectivity index (χ3n) is 3.85. The second-order valence-electron chi connectivity index (χ2n) is 4.91. The Morgan fingerprint density at radius 2 is 2.33 bits per heavy atom. The predicted octanol–water partition coefficient (Wildman–Crippen LogP) is 1.69. The highest BCUT2D eigenvalue weighted by molar-refractivity contribution is 8.00. The molecule has 4 nitrogen and oxygen atoms in total. The second kappa shape index (κ2) is 5.19. The molecule has 0 radical (unpaired) electrons. The lowest BCUT2D eigenvalue weighted by molar-refractivity contribution is 0.0620. The monoisotopic (exact) mass is 283 g/mol. The predicted molar refractivity (Wildman–Crippen MR) is 74.3 cm³/mol. The van der Waals surface area contributed by atoms with Crippen molar-refractivity contribution in [1.82, 2.24) is 15.2 Å². The normalized spacial score (nSPS) is 30.4. The Hall–Kier alpha value is -0.590. The molecule has 1 atom stereocenters. The van der Waals surface area contributed by atoms with Crippen molar-refractivity contribution in [2.45, 2.75) is 23.1 Å². The number of nitrogens with one attached hydrogen (secondary N) is 1. The Morgan fingerprint density at radius 1 is 1.56 bits per heavy atom. The van der Waals surface area contributed by atoms with Crippen LogP contribution in [0.2, 0.25) is 0 Å². The Labute approximate surface area is 115 Å². The lowest BCUT2D eigenvalue weighted by atomic mass is 9.84. The van der Waals surface area contributed by atoms with Crippen LogP contribution in [0.15, 0.2) is 10.4 Å². The van der Waals surface area contributed by atoms with E-state index in [9.17, 15) is 4.79 Å². The maximum atomic E-state index is 12.1. The van der Waals surface area contributed by atoms with Crippen molar-refractivity contribution in [3.05, 3.63) is 11.2 Å². The van der Waals surface area contributed by atoms with Crippen LogP contribution >= 0.6 is 23.1 Å². The number of aromatic nitrogens is 1. The molecule has 0 spiro atoms. The van der Waals surface area contributed by atoms with E-state index in [1.165, 1.54) is 37.3 Å². The molecule has 6 heteroatoms. The molecule has 1 amide bonds. The number of thiazole rings is 1. The molecule has 3 saturated heterocycles. The average molecular weight is 283 g/mol. The van der Waals surface area contributed by atoms with Crippen LogP contribution in [0, 0.1) is 5.92 Å². The van der Waals surface area contributed by atoms with E-state index in [-0.39, 0.29) is 5.91 Å². The first-order valence-corrected chi connectivity index (χ1v) is 8.33. The van der Waals surface area contributed by atoms with Crippen LogP contribution < -0.4 is 5.32 Å². The molecule has 0 saturated carbocycles. The number of amides is 1. The van der Waals surface area contributed by atoms with Gasteiger partial charge in [0.15, 0.2) is 5.01 Å². The van der Waals surface area contributed by atoms with Crippen molar-refractivity contribution < 1.29 is 4.79 Å². The molecular weight excluding hydrogens is 266 g/mol. The molecule has 0 aliphatic carbocycles. The summed E-state index contributed by atoms with van der Waals surface area (Å²) >= 11 is 3.11. The van der Waals surface area contributed by atoms with Gasteiger partial charge in [0.1, 0.15) is 0 Å². The largest absolute Gasteiger partial charge is 0.346 e. The molecule has 1 aromatic rings. The van der Waals surface area contributed by atoms with Crippen LogP contribution in [-0.2, 0) is 0 Å². The van der Waals surface area contributed by atoms with Crippen LogP contribution in [0.4, 0.5) is 0 Å². The molecule has 1 N–H and O–H groups in total. The van der Waals surface area contributed by atoms with E-state index in [1.807, 2.05) is 6.26 Å². The molecule has 3 fully saturated rings. The first-order valence-electron chi connectivity index (χ1n) is 6.29. The molecule has 4 rings (SSSR count). The summed E-state index contributed by atoms with van der Waals surface area (Å²) in [4.78, 5) is 18.8. The summed E-state index contributed by atoms with van der Waals surface area (Å²) < 4.78 is 1.09. The number of hydrogen-bond donors (Lipinski definition) is 1. The minimum atomic E-state index is -0.000880. The summed E-state index contributed by atoms with van der Waals surface area (Å²) in [5.74, 6) is 0.665. The van der Waals surface area contributed by atoms with E-state index >= 15 is 0 Å². The molecule has 18 heavy (non-hydrogen) atoms. The Balaban J connectivity index is 1.64. The molecule has 2 bridgehead atoms. The van der Waals surface area contributed by atoms with Gasteiger partial charge < -0.3 is 10.2 Å². The summed E-state index contributed by atoms with van der Waals surface area (Å²) in [7, 11) is 0. The summed E-state index contributed by atoms with van der Waals surface area (Å²) in [5.41, 5.74) is 0. The number of carbonyl (C=O) groups excluding carboxylic acids is 1. The third-order valence-corrected chi connectivity index (χ3v) is 5.90. The number of rotatable bonds is 3. The topological polar surface area (TPSA) is 45.2 Å². The first kappa shape index (κ1) is 12.4. The standard InChI is InChI=1S/C12H17N3OS2/c1-17-10-6-13-12(18-10)11(16)14-9-7-15-4-2-8(9)3-5-15/h6,8-9H,2-5,7H2,1H3,(H,14,16). The van der Waals surface area contributed by atoms with Crippen LogP contribution in [0.1, 0.15) is 22.6 Å². The SMILES string of the molecule is CSc1cnc(C(=O)NC2CN3CCC2CC3)s1. The van der Waals surface area contributed by atoms with Crippen molar-refractivity contribution in [3.63, 3.8) is 0 Å². The third kappa shape index (κ3) is 2.41. The fraction of sp³-hybridized carbons (Fsp3) is 0.667. The van der Waals surface area contributed by atoms with Gasteiger partial charge in [-0.15, -0.1) is 23.1 Å². The maximum Gasteiger partial charge on any atom is 0.280 e. The van der Waals surface area contributed by atoms with Gasteiger partial charge in [-0.3, -0.25) is 4.79 Å². The number of thioether (sulfide) groups is 1. The van der Waals surface area contributed by atoms with Gasteiger partial charge in [-0.25, -0.2) is 4.98 Å². The first-order chi connectivity index (χ1) is 8.76. The summed E-state index contributed by atoms with van der Waals surface area (Å²) in [5, 5.41) is 3.76. The number of piperidine rings is 3. The van der Waals surface area contributed by atoms with Gasteiger partial charge in [-0.1, -0.05) is 0 Å². The highest BCUT2D eigenvalue weighted by Crippen LogP contribution is 2.28. The zero-order valence-corrected chi connectivity index (χ0v) is 12.0. The Bertz CT molecular complexity index is 440. The number of carbonyl (C=O) groups is 1. The number of hydrogen-bond acceptors (Lipinski definition) is 5. The summed E-state index contributed by atoms with van der Waals surface area (Å²) in [6.45, 7) is 3.41. The average Bonchev–Trinajstić information content (AvgIpc) is 2.89. The van der Waals surface area contributed by atoms with Crippen molar-refractivity contribution >= 4 is 29.0 Å². The van der Waals surface area contributed by atoms with Crippen LogP contribution in [-0.4, -0.2) is 47.7 Å². The van der Waals surface area contributed by atoms with E-state index in [0.29, 0.717) is 17.0 Å². The molecule has 1 aromatic heterocycles. The fourth-order valence-corrected chi connectivity index (χ4v) is 4.10. The lowest BCUT2D eigenvalue weighted by Gasteiger charge is -2.44. The molecule has 4 heterocycles. The highest BCUT2D eigenvalue weighted by Gasteiger charge is 2.35. The highest BCUT2D eigenvalue weighted by atomic mass is 32.2. The van der Waals surface area contributed by atoms with E-state index in [1.54, 1.807) is 18.0 Å². The summed E-state index contributed by atoms with van der Waals surface area (Å²) in [6, 6.07) is 0.321. The Kier molecular flexibility index (Phi) is 3.59. The smallest absolute Gasteiger partial charge is 0.280 e. The molecule has 98 valence electrons. The molecule has 0 aromatic carbocycles. The van der Waals surface area contributed by atoms with Crippen molar-refractivity contribution in [2.75, 3.05) is 25.9 Å². The van der Waals surface area contributed by atoms with Gasteiger partial charge >= 0.3 is 0 Å². The van der Waals surface area contributed by atoms with Gasteiger partial charge in [0, 0.05) is 12.6 Å². The van der Waals surface area contributed by atoms with Crippen molar-refractivity contribution in [3.8, 4) is 0 Å². The van der Waals surface area contributed by atoms with Crippen LogP contribution in [0.5, 0.6) is 0 Å². The Morgan fingerprint density at radius 3 is 2.89 bits per heavy atom. The quantitative estimate of drug-likeness (QED) is 0.858. The van der Waals surface area contributed by atoms with Crippen molar-refractivity contribution in [1.29, 1.82) is 0 Å². The number of fused-ring (bicyclic) bond motifs is 3. The molecule has 1 unspecified atom stereocenters. The molecule has 3 aliphatic rings. The van der Waals surface area contributed by atoms with Crippen molar-refractivity contribution in [2.24, 2.45) is 5.92 Å². The van der Waals surface area contributed by atoms with Gasteiger partial charge in [0.25, 0.3) is 5.91 Å². The van der Waals surface area contributed by atoms with E-state index in [0.717, 1.165) is 10.8 Å². The molecular formula is C12H17N3OS2. The van der Waals surface area contributed by atoms with Gasteiger partial charge in [-0.05, 0) is 38.1 Å². The van der Waals surface area contributed by atoms with Crippen LogP contribution in [0.3, 0.4) is 0 Å². The maximum absolute atomic E-state index is 12.1. The van der Waals surface area contributed by atoms with E-state index in [2.05, 4.69) is 15.2 Å². The minimum absolute atomic E-state index is 0.000880. The van der Waals surface area contributed by atoms with Gasteiger partial charge in [0.05, 0.1) is 10.4 Å². The zero-order chi connectivity index (χ0) is 12.5. The van der Waals surface area contributed by atoms with Crippen LogP contribution in [0.25, 0.3) is 0 Å². The fourth-order valence-electron chi connectivity index (χ4n) is 2.82. The minimum Gasteiger partial charge on any atom is -0.346 e. The number of nitrogens with zero attached hydrogens (tertiary/aromatic N) is 2. The van der Waals surface area contributed by atoms with Gasteiger partial charge in [0.2, 0.25) is 0 Å². The molecule has 3 aliphatic heterocycles. The zero-order valence-electron chi connectivity index (χ0n) is 10.4. The van der Waals surface area contributed by atoms with Gasteiger partial charge in [-0.2, -0.15) is 0 Å².